The van der Waals surface area contributed by atoms with Crippen LogP contribution in [0.5, 0.6) is 0 Å². The van der Waals surface area contributed by atoms with E-state index in [-0.39, 0.29) is 30.0 Å². The Morgan fingerprint density at radius 3 is 1.90 bits per heavy atom. The van der Waals surface area contributed by atoms with Crippen LogP contribution in [0, 0.1) is 0 Å². The lowest BCUT2D eigenvalue weighted by Gasteiger charge is -2.27. The first kappa shape index (κ1) is 16.4. The van der Waals surface area contributed by atoms with Gasteiger partial charge in [-0.15, -0.1) is 11.6 Å². The molecule has 1 aliphatic heterocycles. The minimum Gasteiger partial charge on any atom is -0.373 e. The largest absolute Gasteiger partial charge is 0.416 e. The fourth-order valence-corrected chi connectivity index (χ4v) is 2.40. The van der Waals surface area contributed by atoms with Gasteiger partial charge in [0.1, 0.15) is 0 Å². The maximum absolute atomic E-state index is 12.7. The molecule has 0 aliphatic carbocycles. The Hall–Kier alpha value is -0.950. The third-order valence-corrected chi connectivity index (χ3v) is 3.60. The molecule has 1 aromatic rings. The molecule has 0 aromatic heterocycles. The zero-order valence-corrected chi connectivity index (χ0v) is 11.3. The summed E-state index contributed by atoms with van der Waals surface area (Å²) in [6.07, 6.45) is -9.87. The summed E-state index contributed by atoms with van der Waals surface area (Å²) in [6.45, 7) is 0.205. The van der Waals surface area contributed by atoms with Gasteiger partial charge in [0.2, 0.25) is 0 Å². The van der Waals surface area contributed by atoms with Crippen LogP contribution in [0.3, 0.4) is 0 Å². The van der Waals surface area contributed by atoms with Crippen molar-refractivity contribution in [1.82, 2.24) is 0 Å². The summed E-state index contributed by atoms with van der Waals surface area (Å²) in [7, 11) is 0. The van der Waals surface area contributed by atoms with Crippen LogP contribution in [-0.2, 0) is 17.1 Å². The van der Waals surface area contributed by atoms with Crippen molar-refractivity contribution in [2.45, 2.75) is 36.7 Å². The maximum Gasteiger partial charge on any atom is 0.416 e. The van der Waals surface area contributed by atoms with Crippen LogP contribution >= 0.6 is 11.6 Å². The molecule has 0 amide bonds. The molecule has 2 rings (SSSR count). The molecular formula is C13H11ClF6O. The van der Waals surface area contributed by atoms with Gasteiger partial charge < -0.3 is 4.74 Å². The standard InChI is InChI=1S/C13H11ClF6O/c14-10-1-2-21-11(6-10)7-3-8(12(15,16)17)5-9(4-7)13(18,19)20/h3-5,10-11H,1-2,6H2. The van der Waals surface area contributed by atoms with Gasteiger partial charge in [0, 0.05) is 12.0 Å². The van der Waals surface area contributed by atoms with Gasteiger partial charge in [0.25, 0.3) is 0 Å². The van der Waals surface area contributed by atoms with Gasteiger partial charge in [-0.3, -0.25) is 0 Å². The minimum absolute atomic E-state index is 0.102. The Labute approximate surface area is 121 Å². The summed E-state index contributed by atoms with van der Waals surface area (Å²) in [5.41, 5.74) is -2.83. The molecule has 0 bridgehead atoms. The van der Waals surface area contributed by atoms with Gasteiger partial charge in [-0.25, -0.2) is 0 Å². The van der Waals surface area contributed by atoms with Crippen LogP contribution in [-0.4, -0.2) is 12.0 Å². The van der Waals surface area contributed by atoms with E-state index in [9.17, 15) is 26.3 Å². The second kappa shape index (κ2) is 5.68. The lowest BCUT2D eigenvalue weighted by atomic mass is 9.96. The van der Waals surface area contributed by atoms with Crippen molar-refractivity contribution >= 4 is 11.6 Å². The number of halogens is 7. The van der Waals surface area contributed by atoms with Gasteiger partial charge >= 0.3 is 12.4 Å². The number of hydrogen-bond acceptors (Lipinski definition) is 1. The lowest BCUT2D eigenvalue weighted by molar-refractivity contribution is -0.143. The highest BCUT2D eigenvalue weighted by Crippen LogP contribution is 2.39. The predicted molar refractivity (Wildman–Crippen MR) is 64.0 cm³/mol. The average Bonchev–Trinajstić information content (AvgIpc) is 2.36. The fourth-order valence-electron chi connectivity index (χ4n) is 2.15. The normalized spacial score (nSPS) is 24.1. The molecule has 8 heteroatoms. The summed E-state index contributed by atoms with van der Waals surface area (Å²) >= 11 is 5.90. The monoisotopic (exact) mass is 332 g/mol. The molecule has 0 saturated carbocycles. The van der Waals surface area contributed by atoms with Crippen LogP contribution in [0.25, 0.3) is 0 Å². The van der Waals surface area contributed by atoms with Crippen molar-refractivity contribution in [2.24, 2.45) is 0 Å². The minimum atomic E-state index is -4.86. The molecule has 0 N–H and O–H groups in total. The lowest BCUT2D eigenvalue weighted by Crippen LogP contribution is -2.21. The molecule has 118 valence electrons. The first-order chi connectivity index (χ1) is 9.57. The van der Waals surface area contributed by atoms with E-state index < -0.39 is 29.6 Å². The Morgan fingerprint density at radius 2 is 1.48 bits per heavy atom. The van der Waals surface area contributed by atoms with E-state index in [0.29, 0.717) is 18.6 Å². The van der Waals surface area contributed by atoms with Crippen molar-refractivity contribution in [3.05, 3.63) is 34.9 Å². The molecule has 1 nitrogen and oxygen atoms in total. The Kier molecular flexibility index (Phi) is 4.44. The van der Waals surface area contributed by atoms with Gasteiger partial charge in [0.05, 0.1) is 17.2 Å². The van der Waals surface area contributed by atoms with Crippen molar-refractivity contribution in [3.63, 3.8) is 0 Å². The van der Waals surface area contributed by atoms with E-state index in [1.54, 1.807) is 0 Å². The number of alkyl halides is 7. The highest BCUT2D eigenvalue weighted by molar-refractivity contribution is 6.20. The third-order valence-electron chi connectivity index (χ3n) is 3.20. The van der Waals surface area contributed by atoms with Gasteiger partial charge in [-0.1, -0.05) is 0 Å². The molecular weight excluding hydrogens is 322 g/mol. The number of benzene rings is 1. The summed E-state index contributed by atoms with van der Waals surface area (Å²) in [5.74, 6) is 0. The smallest absolute Gasteiger partial charge is 0.373 e. The van der Waals surface area contributed by atoms with Gasteiger partial charge in [0.15, 0.2) is 0 Å². The van der Waals surface area contributed by atoms with Crippen molar-refractivity contribution in [3.8, 4) is 0 Å². The van der Waals surface area contributed by atoms with Crippen molar-refractivity contribution in [2.75, 3.05) is 6.61 Å². The molecule has 1 saturated heterocycles. The van der Waals surface area contributed by atoms with Crippen molar-refractivity contribution < 1.29 is 31.1 Å². The van der Waals surface area contributed by atoms with E-state index >= 15 is 0 Å². The third kappa shape index (κ3) is 4.03. The van der Waals surface area contributed by atoms with Crippen LogP contribution < -0.4 is 0 Å². The molecule has 0 radical (unpaired) electrons. The van der Waals surface area contributed by atoms with Crippen LogP contribution in [0.15, 0.2) is 18.2 Å². The second-order valence-corrected chi connectivity index (χ2v) is 5.44. The number of rotatable bonds is 1. The first-order valence-corrected chi connectivity index (χ1v) is 6.56. The van der Waals surface area contributed by atoms with Crippen LogP contribution in [0.1, 0.15) is 35.6 Å². The first-order valence-electron chi connectivity index (χ1n) is 6.12. The zero-order valence-electron chi connectivity index (χ0n) is 10.6. The predicted octanol–water partition coefficient (Wildman–Crippen LogP) is 5.18. The SMILES string of the molecule is FC(F)(F)c1cc(C2CC(Cl)CCO2)cc(C(F)(F)F)c1. The second-order valence-electron chi connectivity index (χ2n) is 4.82. The molecule has 1 fully saturated rings. The average molecular weight is 333 g/mol. The number of ether oxygens (including phenoxy) is 1. The van der Waals surface area contributed by atoms with Crippen LogP contribution in [0.4, 0.5) is 26.3 Å². The van der Waals surface area contributed by atoms with E-state index in [1.807, 2.05) is 0 Å². The van der Waals surface area contributed by atoms with E-state index in [2.05, 4.69) is 0 Å². The molecule has 2 atom stereocenters. The Balaban J connectivity index is 2.45. The molecule has 1 heterocycles. The van der Waals surface area contributed by atoms with E-state index in [4.69, 9.17) is 16.3 Å². The highest BCUT2D eigenvalue weighted by Gasteiger charge is 2.38. The summed E-state index contributed by atoms with van der Waals surface area (Å²) in [6, 6.07) is 1.48. The number of hydrogen-bond donors (Lipinski definition) is 0. The molecule has 2 unspecified atom stereocenters. The summed E-state index contributed by atoms with van der Waals surface area (Å²) in [5, 5.41) is -0.326. The summed E-state index contributed by atoms with van der Waals surface area (Å²) in [4.78, 5) is 0. The van der Waals surface area contributed by atoms with Crippen LogP contribution in [0.2, 0.25) is 0 Å². The molecule has 1 aliphatic rings. The van der Waals surface area contributed by atoms with Crippen molar-refractivity contribution in [1.29, 1.82) is 0 Å². The fraction of sp³-hybridized carbons (Fsp3) is 0.538. The molecule has 21 heavy (non-hydrogen) atoms. The van der Waals surface area contributed by atoms with E-state index in [1.165, 1.54) is 0 Å². The van der Waals surface area contributed by atoms with Gasteiger partial charge in [-0.05, 0) is 36.6 Å². The van der Waals surface area contributed by atoms with E-state index in [0.717, 1.165) is 0 Å². The zero-order chi connectivity index (χ0) is 15.8. The Morgan fingerprint density at radius 1 is 0.952 bits per heavy atom. The summed E-state index contributed by atoms with van der Waals surface area (Å²) < 4.78 is 81.7. The Bertz CT molecular complexity index is 478. The highest BCUT2D eigenvalue weighted by atomic mass is 35.5. The molecule has 1 aromatic carbocycles. The quantitative estimate of drug-likeness (QED) is 0.508. The van der Waals surface area contributed by atoms with Gasteiger partial charge in [-0.2, -0.15) is 26.3 Å². The molecule has 0 spiro atoms. The maximum atomic E-state index is 12.7. The topological polar surface area (TPSA) is 9.23 Å².